The van der Waals surface area contributed by atoms with E-state index in [2.05, 4.69) is 37.9 Å². The molecule has 1 heterocycles. The van der Waals surface area contributed by atoms with Crippen LogP contribution >= 0.6 is 0 Å². The van der Waals surface area contributed by atoms with Crippen LogP contribution in [0.4, 0.5) is 0 Å². The minimum Gasteiger partial charge on any atom is -0.494 e. The highest BCUT2D eigenvalue weighted by atomic mass is 16.5. The SMILES string of the molecule is Cc1cc(OCCCc2ncco2)cc(C)c1C. The van der Waals surface area contributed by atoms with Crippen molar-refractivity contribution in [1.82, 2.24) is 4.98 Å². The first kappa shape index (κ1) is 12.7. The summed E-state index contributed by atoms with van der Waals surface area (Å²) < 4.78 is 10.9. The average Bonchev–Trinajstić information content (AvgIpc) is 2.84. The molecule has 0 fully saturated rings. The molecule has 0 saturated carbocycles. The van der Waals surface area contributed by atoms with Gasteiger partial charge < -0.3 is 9.15 Å². The van der Waals surface area contributed by atoms with Gasteiger partial charge in [0.15, 0.2) is 5.89 Å². The molecular weight excluding hydrogens is 226 g/mol. The standard InChI is InChI=1S/C15H19NO2/c1-11-9-14(10-12(2)13(11)3)17-7-4-5-15-16-6-8-18-15/h6,8-10H,4-5,7H2,1-3H3. The molecule has 0 saturated heterocycles. The fraction of sp³-hybridized carbons (Fsp3) is 0.400. The Morgan fingerprint density at radius 1 is 1.17 bits per heavy atom. The third-order valence-electron chi connectivity index (χ3n) is 3.19. The zero-order valence-corrected chi connectivity index (χ0v) is 11.2. The van der Waals surface area contributed by atoms with E-state index in [0.29, 0.717) is 6.61 Å². The second-order valence-corrected chi connectivity index (χ2v) is 4.56. The lowest BCUT2D eigenvalue weighted by atomic mass is 10.0. The first-order valence-electron chi connectivity index (χ1n) is 6.26. The number of oxazole rings is 1. The van der Waals surface area contributed by atoms with Gasteiger partial charge in [0.05, 0.1) is 12.8 Å². The molecule has 0 unspecified atom stereocenters. The molecular formula is C15H19NO2. The molecule has 0 bridgehead atoms. The topological polar surface area (TPSA) is 35.3 Å². The Balaban J connectivity index is 1.83. The number of aromatic nitrogens is 1. The lowest BCUT2D eigenvalue weighted by Crippen LogP contribution is -2.00. The van der Waals surface area contributed by atoms with E-state index in [4.69, 9.17) is 9.15 Å². The Morgan fingerprint density at radius 3 is 2.50 bits per heavy atom. The van der Waals surface area contributed by atoms with Gasteiger partial charge in [0.25, 0.3) is 0 Å². The van der Waals surface area contributed by atoms with Gasteiger partial charge in [-0.25, -0.2) is 4.98 Å². The van der Waals surface area contributed by atoms with Crippen LogP contribution in [0, 0.1) is 20.8 Å². The number of ether oxygens (including phenoxy) is 1. The van der Waals surface area contributed by atoms with Crippen LogP contribution in [0.5, 0.6) is 5.75 Å². The molecule has 0 N–H and O–H groups in total. The lowest BCUT2D eigenvalue weighted by Gasteiger charge is -2.10. The zero-order valence-electron chi connectivity index (χ0n) is 11.2. The molecule has 0 amide bonds. The Morgan fingerprint density at radius 2 is 1.89 bits per heavy atom. The third kappa shape index (κ3) is 3.13. The second kappa shape index (κ2) is 5.71. The van der Waals surface area contributed by atoms with Crippen molar-refractivity contribution in [2.75, 3.05) is 6.61 Å². The van der Waals surface area contributed by atoms with Crippen LogP contribution in [0.1, 0.15) is 29.0 Å². The molecule has 1 aromatic heterocycles. The van der Waals surface area contributed by atoms with E-state index in [-0.39, 0.29) is 0 Å². The molecule has 96 valence electrons. The Hall–Kier alpha value is -1.77. The number of nitrogens with zero attached hydrogens (tertiary/aromatic N) is 1. The molecule has 0 atom stereocenters. The highest BCUT2D eigenvalue weighted by Crippen LogP contribution is 2.21. The van der Waals surface area contributed by atoms with Crippen molar-refractivity contribution in [3.8, 4) is 5.75 Å². The number of benzene rings is 1. The number of hydrogen-bond acceptors (Lipinski definition) is 3. The summed E-state index contributed by atoms with van der Waals surface area (Å²) in [6.07, 6.45) is 5.00. The maximum atomic E-state index is 5.75. The normalized spacial score (nSPS) is 10.6. The fourth-order valence-electron chi connectivity index (χ4n) is 1.87. The predicted octanol–water partition coefficient (Wildman–Crippen LogP) is 3.61. The zero-order chi connectivity index (χ0) is 13.0. The summed E-state index contributed by atoms with van der Waals surface area (Å²) in [7, 11) is 0. The molecule has 1 aromatic carbocycles. The van der Waals surface area contributed by atoms with Crippen molar-refractivity contribution in [1.29, 1.82) is 0 Å². The van der Waals surface area contributed by atoms with Crippen molar-refractivity contribution in [3.05, 3.63) is 47.2 Å². The van der Waals surface area contributed by atoms with E-state index in [0.717, 1.165) is 24.5 Å². The van der Waals surface area contributed by atoms with Crippen LogP contribution in [-0.4, -0.2) is 11.6 Å². The highest BCUT2D eigenvalue weighted by Gasteiger charge is 2.02. The van der Waals surface area contributed by atoms with Gasteiger partial charge in [0.1, 0.15) is 12.0 Å². The molecule has 0 aliphatic rings. The molecule has 2 aromatic rings. The van der Waals surface area contributed by atoms with Crippen molar-refractivity contribution >= 4 is 0 Å². The minimum atomic E-state index is 0.685. The first-order valence-corrected chi connectivity index (χ1v) is 6.26. The van der Waals surface area contributed by atoms with Gasteiger partial charge in [0, 0.05) is 6.42 Å². The molecule has 0 spiro atoms. The van der Waals surface area contributed by atoms with Gasteiger partial charge in [-0.15, -0.1) is 0 Å². The molecule has 0 aliphatic carbocycles. The number of aryl methyl sites for hydroxylation is 3. The molecule has 2 rings (SSSR count). The molecule has 0 radical (unpaired) electrons. The van der Waals surface area contributed by atoms with Crippen molar-refractivity contribution in [2.24, 2.45) is 0 Å². The van der Waals surface area contributed by atoms with Crippen LogP contribution in [0.15, 0.2) is 29.0 Å². The van der Waals surface area contributed by atoms with Gasteiger partial charge in [-0.1, -0.05) is 0 Å². The van der Waals surface area contributed by atoms with Gasteiger partial charge >= 0.3 is 0 Å². The van der Waals surface area contributed by atoms with Crippen LogP contribution in [0.25, 0.3) is 0 Å². The second-order valence-electron chi connectivity index (χ2n) is 4.56. The Labute approximate surface area is 108 Å². The largest absolute Gasteiger partial charge is 0.494 e. The number of hydrogen-bond donors (Lipinski definition) is 0. The molecule has 18 heavy (non-hydrogen) atoms. The van der Waals surface area contributed by atoms with E-state index in [1.807, 2.05) is 0 Å². The summed E-state index contributed by atoms with van der Waals surface area (Å²) in [6.45, 7) is 7.05. The highest BCUT2D eigenvalue weighted by molar-refractivity contribution is 5.40. The van der Waals surface area contributed by atoms with Gasteiger partial charge in [-0.05, 0) is 56.0 Å². The van der Waals surface area contributed by atoms with Gasteiger partial charge in [0.2, 0.25) is 0 Å². The van der Waals surface area contributed by atoms with Gasteiger partial charge in [-0.2, -0.15) is 0 Å². The molecule has 0 aliphatic heterocycles. The maximum absolute atomic E-state index is 5.75. The quantitative estimate of drug-likeness (QED) is 0.755. The van der Waals surface area contributed by atoms with E-state index in [9.17, 15) is 0 Å². The summed E-state index contributed by atoms with van der Waals surface area (Å²) in [6, 6.07) is 4.18. The summed E-state index contributed by atoms with van der Waals surface area (Å²) in [5.41, 5.74) is 3.89. The molecule has 3 nitrogen and oxygen atoms in total. The first-order chi connectivity index (χ1) is 8.66. The summed E-state index contributed by atoms with van der Waals surface area (Å²) >= 11 is 0. The third-order valence-corrected chi connectivity index (χ3v) is 3.19. The monoisotopic (exact) mass is 245 g/mol. The lowest BCUT2D eigenvalue weighted by molar-refractivity contribution is 0.304. The maximum Gasteiger partial charge on any atom is 0.194 e. The van der Waals surface area contributed by atoms with E-state index in [1.165, 1.54) is 16.7 Å². The van der Waals surface area contributed by atoms with Crippen molar-refractivity contribution < 1.29 is 9.15 Å². The summed E-state index contributed by atoms with van der Waals surface area (Å²) in [5, 5.41) is 0. The van der Waals surface area contributed by atoms with Crippen LogP contribution < -0.4 is 4.74 Å². The average molecular weight is 245 g/mol. The number of rotatable bonds is 5. The van der Waals surface area contributed by atoms with Crippen molar-refractivity contribution in [3.63, 3.8) is 0 Å². The van der Waals surface area contributed by atoms with Gasteiger partial charge in [-0.3, -0.25) is 0 Å². The Kier molecular flexibility index (Phi) is 4.03. The summed E-state index contributed by atoms with van der Waals surface area (Å²) in [4.78, 5) is 4.08. The predicted molar refractivity (Wildman–Crippen MR) is 71.0 cm³/mol. The fourth-order valence-corrected chi connectivity index (χ4v) is 1.87. The Bertz CT molecular complexity index is 480. The van der Waals surface area contributed by atoms with Crippen LogP contribution in [-0.2, 0) is 6.42 Å². The van der Waals surface area contributed by atoms with E-state index < -0.39 is 0 Å². The van der Waals surface area contributed by atoms with Crippen LogP contribution in [0.2, 0.25) is 0 Å². The smallest absolute Gasteiger partial charge is 0.194 e. The van der Waals surface area contributed by atoms with E-state index in [1.54, 1.807) is 12.5 Å². The van der Waals surface area contributed by atoms with E-state index >= 15 is 0 Å². The molecule has 3 heteroatoms. The van der Waals surface area contributed by atoms with Crippen LogP contribution in [0.3, 0.4) is 0 Å². The summed E-state index contributed by atoms with van der Waals surface area (Å²) in [5.74, 6) is 1.72. The van der Waals surface area contributed by atoms with Crippen molar-refractivity contribution in [2.45, 2.75) is 33.6 Å². The minimum absolute atomic E-state index is 0.685.